The molecule has 1 aliphatic rings. The first kappa shape index (κ1) is 9.86. The van der Waals surface area contributed by atoms with Crippen molar-refractivity contribution >= 4 is 17.7 Å². The summed E-state index contributed by atoms with van der Waals surface area (Å²) in [5.41, 5.74) is 0. The molecule has 12 heavy (non-hydrogen) atoms. The molecule has 1 atom stereocenters. The average molecular weight is 188 g/mol. The Morgan fingerprint density at radius 2 is 2.50 bits per heavy atom. The molecule has 0 aromatic rings. The van der Waals surface area contributed by atoms with E-state index in [0.29, 0.717) is 12.5 Å². The minimum Gasteiger partial charge on any atom is -0.329 e. The quantitative estimate of drug-likeness (QED) is 0.692. The minimum absolute atomic E-state index is 0.239. The fourth-order valence-electron chi connectivity index (χ4n) is 1.38. The van der Waals surface area contributed by atoms with Gasteiger partial charge >= 0.3 is 0 Å². The van der Waals surface area contributed by atoms with Gasteiger partial charge in [0, 0.05) is 6.54 Å². The minimum atomic E-state index is 0.239. The van der Waals surface area contributed by atoms with Crippen molar-refractivity contribution < 1.29 is 4.79 Å². The number of hydrogen-bond donors (Lipinski definition) is 1. The molecule has 1 N–H and O–H groups in total. The van der Waals surface area contributed by atoms with Gasteiger partial charge in [-0.15, -0.1) is 0 Å². The van der Waals surface area contributed by atoms with Gasteiger partial charge in [0.05, 0.1) is 13.2 Å². The second kappa shape index (κ2) is 4.72. The summed E-state index contributed by atoms with van der Waals surface area (Å²) >= 11 is 1.84. The van der Waals surface area contributed by atoms with Crippen LogP contribution in [0.5, 0.6) is 0 Å². The molecule has 70 valence electrons. The van der Waals surface area contributed by atoms with Gasteiger partial charge < -0.3 is 4.90 Å². The second-order valence-corrected chi connectivity index (χ2v) is 4.17. The Balaban J connectivity index is 2.25. The SMILES string of the molecule is CSCC(C)CN1CNCC1=O. The molecule has 0 aromatic carbocycles. The summed E-state index contributed by atoms with van der Waals surface area (Å²) in [6, 6.07) is 0. The summed E-state index contributed by atoms with van der Waals surface area (Å²) in [4.78, 5) is 13.1. The van der Waals surface area contributed by atoms with E-state index >= 15 is 0 Å². The van der Waals surface area contributed by atoms with Crippen LogP contribution in [0.2, 0.25) is 0 Å². The fraction of sp³-hybridized carbons (Fsp3) is 0.875. The number of nitrogens with one attached hydrogen (secondary N) is 1. The lowest BCUT2D eigenvalue weighted by Gasteiger charge is -2.18. The highest BCUT2D eigenvalue weighted by atomic mass is 32.2. The van der Waals surface area contributed by atoms with Crippen molar-refractivity contribution in [2.24, 2.45) is 5.92 Å². The zero-order chi connectivity index (χ0) is 8.97. The van der Waals surface area contributed by atoms with Crippen molar-refractivity contribution in [2.75, 3.05) is 31.8 Å². The molecule has 0 aromatic heterocycles. The Morgan fingerprint density at radius 3 is 3.00 bits per heavy atom. The summed E-state index contributed by atoms with van der Waals surface area (Å²) in [7, 11) is 0. The lowest BCUT2D eigenvalue weighted by Crippen LogP contribution is -2.31. The Labute approximate surface area is 77.9 Å². The number of nitrogens with zero attached hydrogens (tertiary/aromatic N) is 1. The maximum atomic E-state index is 11.2. The third-order valence-electron chi connectivity index (χ3n) is 1.91. The van der Waals surface area contributed by atoms with Crippen LogP contribution in [-0.4, -0.2) is 42.6 Å². The molecule has 1 rings (SSSR count). The Hall–Kier alpha value is -0.220. The van der Waals surface area contributed by atoms with E-state index in [9.17, 15) is 4.79 Å². The Kier molecular flexibility index (Phi) is 3.88. The van der Waals surface area contributed by atoms with E-state index in [1.54, 1.807) is 0 Å². The standard InChI is InChI=1S/C8H16N2OS/c1-7(5-12-2)4-10-6-9-3-8(10)11/h7,9H,3-6H2,1-2H3. The van der Waals surface area contributed by atoms with Gasteiger partial charge in [0.15, 0.2) is 0 Å². The molecular formula is C8H16N2OS. The van der Waals surface area contributed by atoms with Crippen molar-refractivity contribution in [2.45, 2.75) is 6.92 Å². The van der Waals surface area contributed by atoms with Gasteiger partial charge in [-0.1, -0.05) is 6.92 Å². The maximum Gasteiger partial charge on any atom is 0.237 e. The molecule has 0 radical (unpaired) electrons. The van der Waals surface area contributed by atoms with E-state index < -0.39 is 0 Å². The highest BCUT2D eigenvalue weighted by molar-refractivity contribution is 7.98. The molecular weight excluding hydrogens is 172 g/mol. The first-order chi connectivity index (χ1) is 5.74. The smallest absolute Gasteiger partial charge is 0.237 e. The Bertz CT molecular complexity index is 163. The molecule has 0 spiro atoms. The van der Waals surface area contributed by atoms with Crippen LogP contribution < -0.4 is 5.32 Å². The number of hydrogen-bond acceptors (Lipinski definition) is 3. The molecule has 4 heteroatoms. The molecule has 3 nitrogen and oxygen atoms in total. The molecule has 1 saturated heterocycles. The van der Waals surface area contributed by atoms with Gasteiger partial charge in [0.25, 0.3) is 0 Å². The molecule has 1 unspecified atom stereocenters. The van der Waals surface area contributed by atoms with Crippen molar-refractivity contribution in [3.05, 3.63) is 0 Å². The van der Waals surface area contributed by atoms with Crippen LogP contribution >= 0.6 is 11.8 Å². The summed E-state index contributed by atoms with van der Waals surface area (Å²) in [5, 5.41) is 3.04. The number of carbonyl (C=O) groups is 1. The third-order valence-corrected chi connectivity index (χ3v) is 2.82. The number of thioether (sulfide) groups is 1. The Morgan fingerprint density at radius 1 is 1.75 bits per heavy atom. The van der Waals surface area contributed by atoms with E-state index in [4.69, 9.17) is 0 Å². The molecule has 0 saturated carbocycles. The van der Waals surface area contributed by atoms with Crippen LogP contribution in [0.4, 0.5) is 0 Å². The summed E-state index contributed by atoms with van der Waals surface area (Å²) in [6.07, 6.45) is 2.10. The van der Waals surface area contributed by atoms with E-state index in [-0.39, 0.29) is 5.91 Å². The predicted octanol–water partition coefficient (Wildman–Crippen LogP) is 0.375. The summed E-state index contributed by atoms with van der Waals surface area (Å²) < 4.78 is 0. The van der Waals surface area contributed by atoms with Crippen LogP contribution in [0.15, 0.2) is 0 Å². The lowest BCUT2D eigenvalue weighted by molar-refractivity contribution is -0.127. The largest absolute Gasteiger partial charge is 0.329 e. The molecule has 0 aliphatic carbocycles. The normalized spacial score (nSPS) is 20.2. The first-order valence-corrected chi connectivity index (χ1v) is 5.61. The summed E-state index contributed by atoms with van der Waals surface area (Å²) in [5.74, 6) is 1.97. The highest BCUT2D eigenvalue weighted by Crippen LogP contribution is 2.07. The maximum absolute atomic E-state index is 11.2. The van der Waals surface area contributed by atoms with Crippen LogP contribution in [-0.2, 0) is 4.79 Å². The summed E-state index contributed by atoms with van der Waals surface area (Å²) in [6.45, 7) is 4.33. The number of carbonyl (C=O) groups excluding carboxylic acids is 1. The van der Waals surface area contributed by atoms with Gasteiger partial charge in [-0.25, -0.2) is 0 Å². The highest BCUT2D eigenvalue weighted by Gasteiger charge is 2.20. The van der Waals surface area contributed by atoms with E-state index in [2.05, 4.69) is 18.5 Å². The average Bonchev–Trinajstić information content (AvgIpc) is 2.37. The van der Waals surface area contributed by atoms with Gasteiger partial charge in [-0.2, -0.15) is 11.8 Å². The predicted molar refractivity (Wildman–Crippen MR) is 52.1 cm³/mol. The number of rotatable bonds is 4. The lowest BCUT2D eigenvalue weighted by atomic mass is 10.2. The molecule has 0 bridgehead atoms. The van der Waals surface area contributed by atoms with Crippen molar-refractivity contribution in [3.8, 4) is 0 Å². The third kappa shape index (κ3) is 2.68. The van der Waals surface area contributed by atoms with Gasteiger partial charge in [0.2, 0.25) is 5.91 Å². The first-order valence-electron chi connectivity index (χ1n) is 4.21. The van der Waals surface area contributed by atoms with Gasteiger partial charge in [0.1, 0.15) is 0 Å². The fourth-order valence-corrected chi connectivity index (χ4v) is 2.05. The van der Waals surface area contributed by atoms with E-state index in [1.165, 1.54) is 0 Å². The van der Waals surface area contributed by atoms with Gasteiger partial charge in [-0.05, 0) is 17.9 Å². The topological polar surface area (TPSA) is 32.3 Å². The molecule has 1 aliphatic heterocycles. The molecule has 1 heterocycles. The molecule has 1 amide bonds. The van der Waals surface area contributed by atoms with Crippen molar-refractivity contribution in [1.29, 1.82) is 0 Å². The molecule has 1 fully saturated rings. The zero-order valence-corrected chi connectivity index (χ0v) is 8.49. The van der Waals surface area contributed by atoms with Crippen molar-refractivity contribution in [1.82, 2.24) is 10.2 Å². The zero-order valence-electron chi connectivity index (χ0n) is 7.67. The van der Waals surface area contributed by atoms with E-state index in [1.807, 2.05) is 16.7 Å². The van der Waals surface area contributed by atoms with Crippen LogP contribution in [0.25, 0.3) is 0 Å². The van der Waals surface area contributed by atoms with Crippen LogP contribution in [0.3, 0.4) is 0 Å². The monoisotopic (exact) mass is 188 g/mol. The van der Waals surface area contributed by atoms with Crippen LogP contribution in [0, 0.1) is 5.92 Å². The van der Waals surface area contributed by atoms with Crippen molar-refractivity contribution in [3.63, 3.8) is 0 Å². The van der Waals surface area contributed by atoms with Gasteiger partial charge in [-0.3, -0.25) is 10.1 Å². The van der Waals surface area contributed by atoms with E-state index in [0.717, 1.165) is 19.0 Å². The second-order valence-electron chi connectivity index (χ2n) is 3.26. The number of amides is 1. The van der Waals surface area contributed by atoms with Crippen LogP contribution in [0.1, 0.15) is 6.92 Å².